The van der Waals surface area contributed by atoms with Crippen LogP contribution in [0.2, 0.25) is 0 Å². The Kier molecular flexibility index (Phi) is 5.87. The molecule has 0 amide bonds. The second-order valence-corrected chi connectivity index (χ2v) is 6.57. The summed E-state index contributed by atoms with van der Waals surface area (Å²) in [5.41, 5.74) is 8.38. The van der Waals surface area contributed by atoms with Crippen LogP contribution >= 0.6 is 35.3 Å². The fourth-order valence-corrected chi connectivity index (χ4v) is 3.42. The highest BCUT2D eigenvalue weighted by Crippen LogP contribution is 2.29. The molecule has 1 aromatic heterocycles. The molecule has 0 atom stereocenters. The Balaban J connectivity index is 2.20. The van der Waals surface area contributed by atoms with Gasteiger partial charge >= 0.3 is 0 Å². The Hall–Kier alpha value is -1.97. The third-order valence-corrected chi connectivity index (χ3v) is 4.82. The number of hydrogen-bond acceptors (Lipinski definition) is 6. The number of hydrazone groups is 1. The van der Waals surface area contributed by atoms with Gasteiger partial charge in [-0.1, -0.05) is 6.07 Å². The van der Waals surface area contributed by atoms with Gasteiger partial charge in [0, 0.05) is 33.2 Å². The number of thiophene rings is 1. The van der Waals surface area contributed by atoms with Gasteiger partial charge in [0.15, 0.2) is 5.11 Å². The van der Waals surface area contributed by atoms with Crippen molar-refractivity contribution in [3.05, 3.63) is 56.3 Å². The highest BCUT2D eigenvalue weighted by molar-refractivity contribution is 7.98. The molecule has 0 radical (unpaired) electrons. The van der Waals surface area contributed by atoms with Crippen LogP contribution in [0.4, 0.5) is 5.69 Å². The molecule has 0 unspecified atom stereocenters. The molecule has 114 valence electrons. The molecule has 6 nitrogen and oxygen atoms in total. The number of non-ortho nitro benzene ring substituents is 1. The molecule has 1 aromatic carbocycles. The number of thiocarbonyl (C=S) groups is 1. The van der Waals surface area contributed by atoms with E-state index in [9.17, 15) is 10.1 Å². The highest BCUT2D eigenvalue weighted by Gasteiger charge is 2.10. The summed E-state index contributed by atoms with van der Waals surface area (Å²) in [6.07, 6.45) is 1.48. The van der Waals surface area contributed by atoms with Crippen molar-refractivity contribution in [3.8, 4) is 0 Å². The zero-order valence-corrected chi connectivity index (χ0v) is 13.7. The van der Waals surface area contributed by atoms with Crippen LogP contribution in [0, 0.1) is 10.1 Å². The lowest BCUT2D eigenvalue weighted by atomic mass is 10.2. The minimum absolute atomic E-state index is 0.0113. The lowest BCUT2D eigenvalue weighted by molar-refractivity contribution is -0.384. The number of benzene rings is 1. The number of nitrogens with one attached hydrogen (secondary N) is 1. The summed E-state index contributed by atoms with van der Waals surface area (Å²) in [5, 5.41) is 16.8. The van der Waals surface area contributed by atoms with Crippen molar-refractivity contribution in [2.75, 3.05) is 0 Å². The number of nitro benzene ring substituents is 1. The Morgan fingerprint density at radius 2 is 2.36 bits per heavy atom. The van der Waals surface area contributed by atoms with Gasteiger partial charge in [0.05, 0.1) is 11.1 Å². The first-order valence-electron chi connectivity index (χ1n) is 6.08. The highest BCUT2D eigenvalue weighted by atomic mass is 32.2. The van der Waals surface area contributed by atoms with Gasteiger partial charge in [0.2, 0.25) is 0 Å². The molecule has 3 N–H and O–H groups in total. The standard InChI is InChI=1S/C13H12N4O2S3/c14-13(20)16-15-7-9-6-10(17(18)19)3-4-12(9)22-8-11-2-1-5-21-11/h1-7H,8H2,(H3,14,16,20). The molecular weight excluding hydrogens is 340 g/mol. The van der Waals surface area contributed by atoms with Gasteiger partial charge in [-0.3, -0.25) is 15.5 Å². The number of rotatable bonds is 6. The van der Waals surface area contributed by atoms with E-state index in [0.717, 1.165) is 10.6 Å². The van der Waals surface area contributed by atoms with E-state index in [1.807, 2.05) is 17.5 Å². The van der Waals surface area contributed by atoms with E-state index < -0.39 is 4.92 Å². The normalized spacial score (nSPS) is 10.7. The second kappa shape index (κ2) is 7.87. The third-order valence-electron chi connectivity index (χ3n) is 2.53. The third kappa shape index (κ3) is 4.79. The number of nitrogens with zero attached hydrogens (tertiary/aromatic N) is 2. The maximum atomic E-state index is 10.9. The van der Waals surface area contributed by atoms with Gasteiger partial charge in [-0.15, -0.1) is 23.1 Å². The van der Waals surface area contributed by atoms with Gasteiger partial charge in [-0.05, 0) is 29.7 Å². The zero-order chi connectivity index (χ0) is 15.9. The molecule has 2 aromatic rings. The van der Waals surface area contributed by atoms with E-state index in [1.165, 1.54) is 23.2 Å². The van der Waals surface area contributed by atoms with Crippen molar-refractivity contribution in [2.45, 2.75) is 10.6 Å². The molecule has 0 fully saturated rings. The molecule has 1 heterocycles. The van der Waals surface area contributed by atoms with Gasteiger partial charge < -0.3 is 5.73 Å². The fraction of sp³-hybridized carbons (Fsp3) is 0.0769. The Bertz CT molecular complexity index is 701. The van der Waals surface area contributed by atoms with E-state index in [0.29, 0.717) is 5.56 Å². The Labute approximate surface area is 140 Å². The smallest absolute Gasteiger partial charge is 0.270 e. The van der Waals surface area contributed by atoms with Crippen molar-refractivity contribution in [2.24, 2.45) is 10.8 Å². The summed E-state index contributed by atoms with van der Waals surface area (Å²) < 4.78 is 0. The lowest BCUT2D eigenvalue weighted by Gasteiger charge is -2.05. The summed E-state index contributed by atoms with van der Waals surface area (Å²) in [6.45, 7) is 0. The predicted molar refractivity (Wildman–Crippen MR) is 94.5 cm³/mol. The maximum Gasteiger partial charge on any atom is 0.270 e. The first kappa shape index (κ1) is 16.4. The Morgan fingerprint density at radius 1 is 1.55 bits per heavy atom. The molecule has 0 bridgehead atoms. The predicted octanol–water partition coefficient (Wildman–Crippen LogP) is 3.12. The van der Waals surface area contributed by atoms with Crippen LogP contribution in [0.5, 0.6) is 0 Å². The average Bonchev–Trinajstić information content (AvgIpc) is 2.98. The number of hydrogen-bond donors (Lipinski definition) is 2. The molecule has 0 spiro atoms. The van der Waals surface area contributed by atoms with Gasteiger partial charge in [0.25, 0.3) is 5.69 Å². The van der Waals surface area contributed by atoms with Gasteiger partial charge in [-0.2, -0.15) is 5.10 Å². The molecule has 0 aliphatic heterocycles. The monoisotopic (exact) mass is 352 g/mol. The number of nitrogens with two attached hydrogens (primary N) is 1. The zero-order valence-electron chi connectivity index (χ0n) is 11.3. The lowest BCUT2D eigenvalue weighted by Crippen LogP contribution is -2.24. The minimum Gasteiger partial charge on any atom is -0.375 e. The van der Waals surface area contributed by atoms with E-state index in [4.69, 9.17) is 5.73 Å². The first-order chi connectivity index (χ1) is 10.6. The summed E-state index contributed by atoms with van der Waals surface area (Å²) >= 11 is 7.92. The largest absolute Gasteiger partial charge is 0.375 e. The topological polar surface area (TPSA) is 93.5 Å². The molecule has 0 saturated heterocycles. The summed E-state index contributed by atoms with van der Waals surface area (Å²) in [4.78, 5) is 12.6. The Morgan fingerprint density at radius 3 is 3.00 bits per heavy atom. The molecule has 9 heteroatoms. The molecule has 0 aliphatic rings. The van der Waals surface area contributed by atoms with E-state index in [1.54, 1.807) is 29.2 Å². The SMILES string of the molecule is NC(=S)NN=Cc1cc([N+](=O)[O-])ccc1SCc1cccs1. The fourth-order valence-electron chi connectivity index (χ4n) is 1.59. The minimum atomic E-state index is -0.438. The van der Waals surface area contributed by atoms with E-state index >= 15 is 0 Å². The van der Waals surface area contributed by atoms with Gasteiger partial charge in [-0.25, -0.2) is 0 Å². The van der Waals surface area contributed by atoms with Crippen LogP contribution in [-0.2, 0) is 5.75 Å². The second-order valence-electron chi connectivity index (χ2n) is 4.08. The average molecular weight is 352 g/mol. The molecule has 0 aliphatic carbocycles. The maximum absolute atomic E-state index is 10.9. The van der Waals surface area contributed by atoms with Crippen molar-refractivity contribution in [1.82, 2.24) is 5.43 Å². The van der Waals surface area contributed by atoms with Crippen molar-refractivity contribution >= 4 is 52.3 Å². The van der Waals surface area contributed by atoms with Crippen molar-refractivity contribution < 1.29 is 4.92 Å². The van der Waals surface area contributed by atoms with Gasteiger partial charge in [0.1, 0.15) is 0 Å². The van der Waals surface area contributed by atoms with Crippen molar-refractivity contribution in [1.29, 1.82) is 0 Å². The summed E-state index contributed by atoms with van der Waals surface area (Å²) in [7, 11) is 0. The number of nitro groups is 1. The van der Waals surface area contributed by atoms with E-state index in [-0.39, 0.29) is 10.8 Å². The van der Waals surface area contributed by atoms with Crippen LogP contribution in [-0.4, -0.2) is 16.3 Å². The molecule has 2 rings (SSSR count). The number of thioether (sulfide) groups is 1. The van der Waals surface area contributed by atoms with Crippen molar-refractivity contribution in [3.63, 3.8) is 0 Å². The molecule has 22 heavy (non-hydrogen) atoms. The van der Waals surface area contributed by atoms with Crippen LogP contribution in [0.1, 0.15) is 10.4 Å². The van der Waals surface area contributed by atoms with Crippen LogP contribution in [0.25, 0.3) is 0 Å². The van der Waals surface area contributed by atoms with Crippen LogP contribution < -0.4 is 11.2 Å². The molecule has 0 saturated carbocycles. The summed E-state index contributed by atoms with van der Waals surface area (Å²) in [6, 6.07) is 8.71. The quantitative estimate of drug-likeness (QED) is 0.273. The first-order valence-corrected chi connectivity index (χ1v) is 8.36. The molecular formula is C13H12N4O2S3. The summed E-state index contributed by atoms with van der Waals surface area (Å²) in [5.74, 6) is 0.791. The van der Waals surface area contributed by atoms with Crippen LogP contribution in [0.15, 0.2) is 45.7 Å². The van der Waals surface area contributed by atoms with E-state index in [2.05, 4.69) is 22.7 Å². The van der Waals surface area contributed by atoms with Crippen LogP contribution in [0.3, 0.4) is 0 Å².